The topological polar surface area (TPSA) is 71.5 Å². The lowest BCUT2D eigenvalue weighted by Gasteiger charge is -2.65. The highest BCUT2D eigenvalue weighted by atomic mass is 19.4. The van der Waals surface area contributed by atoms with Gasteiger partial charge in [-0.25, -0.2) is 0 Å². The Morgan fingerprint density at radius 1 is 1.12 bits per heavy atom. The van der Waals surface area contributed by atoms with E-state index < -0.39 is 23.5 Å². The average molecular weight is 677 g/mol. The Balaban J connectivity index is 1.22. The second-order valence-electron chi connectivity index (χ2n) is 14.3. The van der Waals surface area contributed by atoms with Gasteiger partial charge in [-0.3, -0.25) is 9.69 Å². The van der Waals surface area contributed by atoms with Gasteiger partial charge in [-0.15, -0.1) is 13.2 Å². The van der Waals surface area contributed by atoms with Crippen LogP contribution in [0.25, 0.3) is 6.08 Å². The summed E-state index contributed by atoms with van der Waals surface area (Å²) in [6.45, 7) is 6.17. The molecule has 0 aromatic heterocycles. The fraction of sp³-hybridized carbons (Fsp3) is 0.462. The minimum absolute atomic E-state index is 0.107. The van der Waals surface area contributed by atoms with Crippen molar-refractivity contribution in [2.45, 2.75) is 81.5 Å². The Labute approximate surface area is 285 Å². The zero-order chi connectivity index (χ0) is 34.6. The van der Waals surface area contributed by atoms with Crippen molar-refractivity contribution >= 4 is 12.0 Å². The van der Waals surface area contributed by atoms with Gasteiger partial charge in [-0.05, 0) is 85.5 Å². The van der Waals surface area contributed by atoms with Gasteiger partial charge >= 0.3 is 6.36 Å². The molecule has 1 amide bonds. The molecule has 2 aliphatic heterocycles. The minimum Gasteiger partial charge on any atom is -0.493 e. The molecular formula is C39H43F3N2O5. The molecule has 2 unspecified atom stereocenters. The fourth-order valence-electron chi connectivity index (χ4n) is 9.12. The zero-order valence-electron chi connectivity index (χ0n) is 28.1. The van der Waals surface area contributed by atoms with Crippen LogP contribution in [0.1, 0.15) is 55.4 Å². The summed E-state index contributed by atoms with van der Waals surface area (Å²) in [5, 5.41) is 13.0. The van der Waals surface area contributed by atoms with Crippen molar-refractivity contribution in [3.63, 3.8) is 0 Å². The molecule has 1 N–H and O–H groups in total. The number of amides is 1. The van der Waals surface area contributed by atoms with E-state index in [0.29, 0.717) is 49.3 Å². The number of carbonyl (C=O) groups is 1. The van der Waals surface area contributed by atoms with Gasteiger partial charge in [-0.2, -0.15) is 0 Å². The van der Waals surface area contributed by atoms with Gasteiger partial charge in [0.2, 0.25) is 5.91 Å². The van der Waals surface area contributed by atoms with E-state index in [1.807, 2.05) is 30.9 Å². The Kier molecular flexibility index (Phi) is 8.68. The van der Waals surface area contributed by atoms with Crippen LogP contribution in [0.2, 0.25) is 0 Å². The quantitative estimate of drug-likeness (QED) is 0.246. The molecule has 5 atom stereocenters. The molecule has 7 rings (SSSR count). The largest absolute Gasteiger partial charge is 0.573 e. The average Bonchev–Trinajstić information content (AvgIpc) is 3.41. The molecule has 2 aliphatic carbocycles. The van der Waals surface area contributed by atoms with E-state index >= 15 is 0 Å². The van der Waals surface area contributed by atoms with E-state index in [9.17, 15) is 23.1 Å². The van der Waals surface area contributed by atoms with Crippen LogP contribution in [0.3, 0.4) is 0 Å². The van der Waals surface area contributed by atoms with Crippen molar-refractivity contribution in [3.8, 4) is 17.2 Å². The van der Waals surface area contributed by atoms with Gasteiger partial charge in [0.15, 0.2) is 11.5 Å². The zero-order valence-corrected chi connectivity index (χ0v) is 28.1. The number of piperidine rings is 1. The molecule has 0 radical (unpaired) electrons. The standard InChI is InChI=1S/C39H43F3N2O5/c1-25(2)24-44(33(45)15-12-27-10-7-11-29(22-27)49-39(40,41)42)30-16-18-38(46)32-23-28-13-14-31(47-3)35-34(28)37(38,36(30)48-35)19-21-43(32)20-17-26-8-5-4-6-9-26/h4-15,22,25,30,32,36,46H,16-21,23-24H2,1-3H3/b15-12+/t30?,32-,36?,37+,38-/m1/s1. The van der Waals surface area contributed by atoms with Gasteiger partial charge < -0.3 is 24.2 Å². The molecule has 7 nitrogen and oxygen atoms in total. The number of likely N-dealkylation sites (tertiary alicyclic amines) is 1. The number of ether oxygens (including phenoxy) is 3. The summed E-state index contributed by atoms with van der Waals surface area (Å²) in [5.74, 6) is 0.807. The Hall–Kier alpha value is -4.02. The number of alkyl halides is 3. The van der Waals surface area contributed by atoms with E-state index in [2.05, 4.69) is 40.0 Å². The van der Waals surface area contributed by atoms with Crippen LogP contribution in [-0.4, -0.2) is 77.7 Å². The molecule has 2 bridgehead atoms. The summed E-state index contributed by atoms with van der Waals surface area (Å²) >= 11 is 0. The van der Waals surface area contributed by atoms with Gasteiger partial charge in [-0.1, -0.05) is 62.4 Å². The second-order valence-corrected chi connectivity index (χ2v) is 14.3. The number of carbonyl (C=O) groups excluding carboxylic acids is 1. The number of methoxy groups -OCH3 is 1. The summed E-state index contributed by atoms with van der Waals surface area (Å²) in [6, 6.07) is 19.6. The highest BCUT2D eigenvalue weighted by Gasteiger charge is 2.73. The van der Waals surface area contributed by atoms with Gasteiger partial charge in [0.1, 0.15) is 11.9 Å². The second kappa shape index (κ2) is 12.7. The first-order chi connectivity index (χ1) is 23.4. The molecule has 4 aliphatic rings. The molecule has 1 spiro atoms. The third kappa shape index (κ3) is 5.86. The molecule has 1 saturated carbocycles. The predicted octanol–water partition coefficient (Wildman–Crippen LogP) is 6.56. The first-order valence-electron chi connectivity index (χ1n) is 17.2. The Morgan fingerprint density at radius 3 is 2.65 bits per heavy atom. The number of aliphatic hydroxyl groups is 1. The molecule has 260 valence electrons. The van der Waals surface area contributed by atoms with E-state index in [4.69, 9.17) is 9.47 Å². The van der Waals surface area contributed by atoms with E-state index in [1.165, 1.54) is 35.9 Å². The number of benzene rings is 3. The molecule has 2 heterocycles. The van der Waals surface area contributed by atoms with E-state index in [0.717, 1.165) is 30.6 Å². The van der Waals surface area contributed by atoms with Gasteiger partial charge in [0, 0.05) is 30.8 Å². The van der Waals surface area contributed by atoms with Crippen LogP contribution in [0.4, 0.5) is 13.2 Å². The van der Waals surface area contributed by atoms with Crippen LogP contribution in [0, 0.1) is 5.92 Å². The minimum atomic E-state index is -4.81. The van der Waals surface area contributed by atoms with Crippen molar-refractivity contribution in [1.29, 1.82) is 0 Å². The van der Waals surface area contributed by atoms with Crippen LogP contribution in [-0.2, 0) is 23.1 Å². The Morgan fingerprint density at radius 2 is 1.92 bits per heavy atom. The first kappa shape index (κ1) is 33.5. The van der Waals surface area contributed by atoms with Crippen LogP contribution < -0.4 is 14.2 Å². The highest BCUT2D eigenvalue weighted by Crippen LogP contribution is 2.66. The molecule has 1 saturated heterocycles. The number of halogens is 3. The van der Waals surface area contributed by atoms with Crippen molar-refractivity contribution < 1.29 is 37.3 Å². The maximum atomic E-state index is 14.1. The molecule has 2 fully saturated rings. The van der Waals surface area contributed by atoms with Crippen LogP contribution in [0.15, 0.2) is 72.8 Å². The van der Waals surface area contributed by atoms with Crippen molar-refractivity contribution in [3.05, 3.63) is 95.1 Å². The SMILES string of the molecule is COc1ccc2c3c1OC1C(N(CC(C)C)C(=O)/C=C/c4cccc(OC(F)(F)F)c4)CC[C@@]4(O)[C@@H](C2)N(CCc2ccccc2)CC[C@]314. The maximum Gasteiger partial charge on any atom is 0.573 e. The summed E-state index contributed by atoms with van der Waals surface area (Å²) in [4.78, 5) is 18.4. The van der Waals surface area contributed by atoms with Gasteiger partial charge in [0.25, 0.3) is 0 Å². The lowest BCUT2D eigenvalue weighted by Crippen LogP contribution is -2.78. The van der Waals surface area contributed by atoms with Crippen LogP contribution in [0.5, 0.6) is 17.2 Å². The fourth-order valence-corrected chi connectivity index (χ4v) is 9.12. The summed E-state index contributed by atoms with van der Waals surface area (Å²) in [7, 11) is 1.62. The Bertz CT molecular complexity index is 1730. The smallest absolute Gasteiger partial charge is 0.493 e. The number of hydrogen-bond acceptors (Lipinski definition) is 6. The predicted molar refractivity (Wildman–Crippen MR) is 180 cm³/mol. The highest BCUT2D eigenvalue weighted by molar-refractivity contribution is 5.92. The van der Waals surface area contributed by atoms with Crippen LogP contribution >= 0.6 is 0 Å². The third-order valence-corrected chi connectivity index (χ3v) is 11.0. The normalized spacial score (nSPS) is 27.1. The molecule has 3 aromatic carbocycles. The van der Waals surface area contributed by atoms with Crippen molar-refractivity contribution in [2.24, 2.45) is 5.92 Å². The summed E-state index contributed by atoms with van der Waals surface area (Å²) in [5.41, 5.74) is 2.05. The summed E-state index contributed by atoms with van der Waals surface area (Å²) < 4.78 is 55.3. The van der Waals surface area contributed by atoms with Crippen molar-refractivity contribution in [2.75, 3.05) is 26.7 Å². The molecule has 3 aromatic rings. The maximum absolute atomic E-state index is 14.1. The number of nitrogens with zero attached hydrogens (tertiary/aromatic N) is 2. The lowest BCUT2D eigenvalue weighted by atomic mass is 9.48. The first-order valence-corrected chi connectivity index (χ1v) is 17.2. The monoisotopic (exact) mass is 676 g/mol. The van der Waals surface area contributed by atoms with Gasteiger partial charge in [0.05, 0.1) is 24.2 Å². The summed E-state index contributed by atoms with van der Waals surface area (Å²) in [6.07, 6.45) is 0.922. The third-order valence-electron chi connectivity index (χ3n) is 11.0. The van der Waals surface area contributed by atoms with E-state index in [-0.39, 0.29) is 29.7 Å². The number of rotatable bonds is 10. The lowest BCUT2D eigenvalue weighted by molar-refractivity contribution is -0.274. The molecule has 49 heavy (non-hydrogen) atoms. The molecule has 10 heteroatoms. The number of hydrogen-bond donors (Lipinski definition) is 1. The van der Waals surface area contributed by atoms with Crippen molar-refractivity contribution in [1.82, 2.24) is 9.80 Å². The van der Waals surface area contributed by atoms with E-state index in [1.54, 1.807) is 13.2 Å². The molecular weight excluding hydrogens is 633 g/mol.